The number of carbonyl (C=O) groups is 2. The van der Waals surface area contributed by atoms with Crippen molar-refractivity contribution in [2.24, 2.45) is 5.73 Å². The lowest BCUT2D eigenvalue weighted by molar-refractivity contribution is -0.134. The summed E-state index contributed by atoms with van der Waals surface area (Å²) in [5.41, 5.74) is 6.83. The van der Waals surface area contributed by atoms with Crippen LogP contribution in [0.2, 0.25) is 0 Å². The molecule has 0 saturated carbocycles. The first-order valence-electron chi connectivity index (χ1n) is 7.59. The van der Waals surface area contributed by atoms with E-state index in [0.29, 0.717) is 43.1 Å². The number of benzene rings is 1. The number of anilines is 1. The van der Waals surface area contributed by atoms with Crippen LogP contribution in [-0.2, 0) is 9.59 Å². The molecule has 23 heavy (non-hydrogen) atoms. The number of piperidine rings is 1. The van der Waals surface area contributed by atoms with E-state index in [1.165, 1.54) is 0 Å². The summed E-state index contributed by atoms with van der Waals surface area (Å²) < 4.78 is 5.39. The van der Waals surface area contributed by atoms with E-state index in [4.69, 9.17) is 15.7 Å². The zero-order chi connectivity index (χ0) is 16.4. The second kappa shape index (κ2) is 6.26. The Hall–Kier alpha value is -2.59. The van der Waals surface area contributed by atoms with Crippen LogP contribution in [0.1, 0.15) is 18.4 Å². The van der Waals surface area contributed by atoms with E-state index in [1.54, 1.807) is 28.0 Å². The highest BCUT2D eigenvalue weighted by atomic mass is 16.5. The van der Waals surface area contributed by atoms with Gasteiger partial charge in [0.25, 0.3) is 5.91 Å². The zero-order valence-corrected chi connectivity index (χ0v) is 12.7. The Kier molecular flexibility index (Phi) is 4.17. The highest BCUT2D eigenvalue weighted by Crippen LogP contribution is 2.32. The van der Waals surface area contributed by atoms with Crippen molar-refractivity contribution in [2.75, 3.05) is 31.1 Å². The number of fused-ring (bicyclic) bond motifs is 1. The average molecular weight is 314 g/mol. The highest BCUT2D eigenvalue weighted by molar-refractivity contribution is 5.98. The molecule has 1 fully saturated rings. The fourth-order valence-electron chi connectivity index (χ4n) is 2.88. The molecular formula is C16H18N4O3. The number of rotatable bonds is 3. The first-order chi connectivity index (χ1) is 11.1. The number of ether oxygens (including phenoxy) is 1. The summed E-state index contributed by atoms with van der Waals surface area (Å²) >= 11 is 0. The lowest BCUT2D eigenvalue weighted by Crippen LogP contribution is -2.48. The average Bonchev–Trinajstić information content (AvgIpc) is 2.55. The van der Waals surface area contributed by atoms with Crippen LogP contribution in [0.5, 0.6) is 5.75 Å². The number of nitriles is 1. The van der Waals surface area contributed by atoms with Crippen LogP contribution in [0.4, 0.5) is 5.69 Å². The number of carbonyl (C=O) groups excluding carboxylic acids is 2. The van der Waals surface area contributed by atoms with Crippen molar-refractivity contribution >= 4 is 17.5 Å². The number of hydrogen-bond acceptors (Lipinski definition) is 5. The minimum Gasteiger partial charge on any atom is -0.482 e. The van der Waals surface area contributed by atoms with Gasteiger partial charge in [0.05, 0.1) is 17.3 Å². The van der Waals surface area contributed by atoms with Crippen molar-refractivity contribution in [3.05, 3.63) is 23.8 Å². The minimum absolute atomic E-state index is 0.0236. The summed E-state index contributed by atoms with van der Waals surface area (Å²) in [6, 6.07) is 6.98. The van der Waals surface area contributed by atoms with Gasteiger partial charge in [0.2, 0.25) is 5.91 Å². The van der Waals surface area contributed by atoms with Crippen molar-refractivity contribution in [3.8, 4) is 11.8 Å². The molecule has 1 aromatic carbocycles. The Labute approximate surface area is 134 Å². The van der Waals surface area contributed by atoms with E-state index < -0.39 is 0 Å². The van der Waals surface area contributed by atoms with Crippen molar-refractivity contribution in [1.82, 2.24) is 4.90 Å². The van der Waals surface area contributed by atoms with Crippen LogP contribution in [-0.4, -0.2) is 49.0 Å². The largest absolute Gasteiger partial charge is 0.482 e. The molecule has 0 aliphatic carbocycles. The van der Waals surface area contributed by atoms with E-state index >= 15 is 0 Å². The molecule has 2 N–H and O–H groups in total. The maximum absolute atomic E-state index is 12.2. The summed E-state index contributed by atoms with van der Waals surface area (Å²) in [4.78, 5) is 27.5. The van der Waals surface area contributed by atoms with Gasteiger partial charge in [-0.2, -0.15) is 5.26 Å². The summed E-state index contributed by atoms with van der Waals surface area (Å²) in [6.45, 7) is 1.42. The van der Waals surface area contributed by atoms with Gasteiger partial charge in [0, 0.05) is 32.1 Å². The van der Waals surface area contributed by atoms with E-state index in [1.807, 2.05) is 0 Å². The molecule has 7 heteroatoms. The van der Waals surface area contributed by atoms with Crippen LogP contribution < -0.4 is 15.4 Å². The summed E-state index contributed by atoms with van der Waals surface area (Å²) in [6.07, 6.45) is 1.13. The van der Waals surface area contributed by atoms with E-state index in [-0.39, 0.29) is 24.5 Å². The zero-order valence-electron chi connectivity index (χ0n) is 12.7. The van der Waals surface area contributed by atoms with Gasteiger partial charge in [0.1, 0.15) is 5.75 Å². The van der Waals surface area contributed by atoms with Crippen LogP contribution in [0.3, 0.4) is 0 Å². The molecule has 0 aromatic heterocycles. The number of hydrogen-bond donors (Lipinski definition) is 1. The lowest BCUT2D eigenvalue weighted by Gasteiger charge is -2.34. The Balaban J connectivity index is 1.74. The Morgan fingerprint density at radius 1 is 1.30 bits per heavy atom. The van der Waals surface area contributed by atoms with Crippen molar-refractivity contribution in [2.45, 2.75) is 18.9 Å². The predicted molar refractivity (Wildman–Crippen MR) is 82.8 cm³/mol. The fraction of sp³-hybridized carbons (Fsp3) is 0.438. The maximum atomic E-state index is 12.2. The third-order valence-electron chi connectivity index (χ3n) is 4.18. The van der Waals surface area contributed by atoms with Crippen molar-refractivity contribution in [3.63, 3.8) is 0 Å². The molecule has 1 unspecified atom stereocenters. The first-order valence-corrected chi connectivity index (χ1v) is 7.59. The summed E-state index contributed by atoms with van der Waals surface area (Å²) in [5, 5.41) is 9.03. The molecule has 2 aliphatic rings. The van der Waals surface area contributed by atoms with Gasteiger partial charge in [-0.05, 0) is 24.6 Å². The van der Waals surface area contributed by atoms with Crippen LogP contribution >= 0.6 is 0 Å². The Morgan fingerprint density at radius 3 is 2.87 bits per heavy atom. The highest BCUT2D eigenvalue weighted by Gasteiger charge is 2.28. The number of likely N-dealkylation sites (tertiary alicyclic amines) is 1. The smallest absolute Gasteiger partial charge is 0.265 e. The summed E-state index contributed by atoms with van der Waals surface area (Å²) in [7, 11) is 0. The molecule has 2 amide bonds. The summed E-state index contributed by atoms with van der Waals surface area (Å²) in [5.74, 6) is 0.430. The van der Waals surface area contributed by atoms with Gasteiger partial charge >= 0.3 is 0 Å². The SMILES string of the molecule is N#Cc1ccc2c(c1)N(CCN1CCC(N)CC1=O)C(=O)CO2. The molecule has 1 saturated heterocycles. The Bertz CT molecular complexity index is 682. The fourth-order valence-corrected chi connectivity index (χ4v) is 2.88. The molecule has 3 rings (SSSR count). The van der Waals surface area contributed by atoms with Gasteiger partial charge in [-0.15, -0.1) is 0 Å². The van der Waals surface area contributed by atoms with Crippen molar-refractivity contribution in [1.29, 1.82) is 5.26 Å². The maximum Gasteiger partial charge on any atom is 0.265 e. The van der Waals surface area contributed by atoms with Gasteiger partial charge in [0.15, 0.2) is 6.61 Å². The van der Waals surface area contributed by atoms with Gasteiger partial charge in [-0.3, -0.25) is 9.59 Å². The number of amides is 2. The normalized spacial score (nSPS) is 20.8. The van der Waals surface area contributed by atoms with Gasteiger partial charge in [-0.1, -0.05) is 0 Å². The molecule has 1 aromatic rings. The standard InChI is InChI=1S/C16H18N4O3/c17-9-11-1-2-14-13(7-11)20(16(22)10-23-14)6-5-19-4-3-12(18)8-15(19)21/h1-2,7,12H,3-6,8,10,18H2. The molecule has 1 atom stereocenters. The minimum atomic E-state index is -0.172. The van der Waals surface area contributed by atoms with Gasteiger partial charge < -0.3 is 20.3 Å². The van der Waals surface area contributed by atoms with Crippen LogP contribution in [0.25, 0.3) is 0 Å². The van der Waals surface area contributed by atoms with Crippen LogP contribution in [0.15, 0.2) is 18.2 Å². The molecule has 0 radical (unpaired) electrons. The van der Waals surface area contributed by atoms with E-state index in [2.05, 4.69) is 6.07 Å². The van der Waals surface area contributed by atoms with E-state index in [9.17, 15) is 9.59 Å². The second-order valence-corrected chi connectivity index (χ2v) is 5.76. The Morgan fingerprint density at radius 2 is 2.13 bits per heavy atom. The number of nitrogens with two attached hydrogens (primary N) is 1. The lowest BCUT2D eigenvalue weighted by atomic mass is 10.1. The molecular weight excluding hydrogens is 296 g/mol. The molecule has 2 heterocycles. The first kappa shape index (κ1) is 15.3. The third kappa shape index (κ3) is 3.12. The van der Waals surface area contributed by atoms with Gasteiger partial charge in [-0.25, -0.2) is 0 Å². The van der Waals surface area contributed by atoms with Crippen LogP contribution in [0, 0.1) is 11.3 Å². The molecule has 120 valence electrons. The molecule has 0 spiro atoms. The molecule has 2 aliphatic heterocycles. The topological polar surface area (TPSA) is 99.7 Å². The third-order valence-corrected chi connectivity index (χ3v) is 4.18. The quantitative estimate of drug-likeness (QED) is 0.861. The molecule has 0 bridgehead atoms. The predicted octanol–water partition coefficient (Wildman–Crippen LogP) is 0.233. The monoisotopic (exact) mass is 314 g/mol. The van der Waals surface area contributed by atoms with E-state index in [0.717, 1.165) is 6.42 Å². The molecule has 7 nitrogen and oxygen atoms in total. The van der Waals surface area contributed by atoms with Crippen molar-refractivity contribution < 1.29 is 14.3 Å². The number of nitrogens with zero attached hydrogens (tertiary/aromatic N) is 3. The second-order valence-electron chi connectivity index (χ2n) is 5.76.